The van der Waals surface area contributed by atoms with Crippen LogP contribution in [0.15, 0.2) is 17.5 Å². The van der Waals surface area contributed by atoms with Crippen molar-refractivity contribution in [2.24, 2.45) is 5.73 Å². The maximum atomic E-state index is 5.62. The monoisotopic (exact) mass is 214 g/mol. The minimum Gasteiger partial charge on any atom is -0.376 e. The van der Waals surface area contributed by atoms with Crippen molar-refractivity contribution < 1.29 is 0 Å². The molecule has 1 aromatic rings. The van der Waals surface area contributed by atoms with Gasteiger partial charge in [0.1, 0.15) is 0 Å². The third-order valence-corrected chi connectivity index (χ3v) is 2.91. The molecule has 0 amide bonds. The number of hydrogen-bond acceptors (Lipinski definition) is 2. The smallest absolute Gasteiger partial charge is 0.166 e. The normalized spacial score (nSPS) is 10.4. The molecule has 0 atom stereocenters. The third-order valence-electron chi connectivity index (χ3n) is 1.81. The molecule has 0 aliphatic carbocycles. The van der Waals surface area contributed by atoms with Gasteiger partial charge < -0.3 is 10.6 Å². The molecule has 0 aromatic carbocycles. The zero-order chi connectivity index (χ0) is 9.84. The number of thiophene rings is 1. The van der Waals surface area contributed by atoms with Gasteiger partial charge in [-0.3, -0.25) is 0 Å². The molecule has 4 heteroatoms. The van der Waals surface area contributed by atoms with Crippen LogP contribution < -0.4 is 5.73 Å². The molecule has 2 N–H and O–H groups in total. The second kappa shape index (κ2) is 4.58. The topological polar surface area (TPSA) is 29.3 Å². The predicted molar refractivity (Wildman–Crippen MR) is 61.8 cm³/mol. The number of thiocarbonyl (C=S) groups is 1. The molecular formula is C9H14N2S2. The largest absolute Gasteiger partial charge is 0.376 e. The molecule has 2 nitrogen and oxygen atoms in total. The van der Waals surface area contributed by atoms with Gasteiger partial charge >= 0.3 is 0 Å². The van der Waals surface area contributed by atoms with Crippen LogP contribution >= 0.6 is 23.6 Å². The Bertz CT molecular complexity index is 267. The Morgan fingerprint density at radius 1 is 1.69 bits per heavy atom. The molecule has 13 heavy (non-hydrogen) atoms. The number of hydrogen-bond donors (Lipinski definition) is 1. The van der Waals surface area contributed by atoms with E-state index in [1.54, 1.807) is 11.3 Å². The van der Waals surface area contributed by atoms with E-state index in [4.69, 9.17) is 18.0 Å². The Morgan fingerprint density at radius 3 is 2.77 bits per heavy atom. The summed E-state index contributed by atoms with van der Waals surface area (Å²) in [6, 6.07) is 4.50. The maximum Gasteiger partial charge on any atom is 0.166 e. The molecule has 0 saturated heterocycles. The highest BCUT2D eigenvalue weighted by atomic mass is 32.1. The van der Waals surface area contributed by atoms with Crippen molar-refractivity contribution in [2.45, 2.75) is 26.4 Å². The predicted octanol–water partition coefficient (Wildman–Crippen LogP) is 2.20. The second-order valence-electron chi connectivity index (χ2n) is 3.14. The first-order chi connectivity index (χ1) is 6.11. The van der Waals surface area contributed by atoms with Crippen LogP contribution in [0.25, 0.3) is 0 Å². The van der Waals surface area contributed by atoms with E-state index in [0.29, 0.717) is 11.2 Å². The molecule has 0 bridgehead atoms. The zero-order valence-electron chi connectivity index (χ0n) is 7.86. The van der Waals surface area contributed by atoms with E-state index < -0.39 is 0 Å². The summed E-state index contributed by atoms with van der Waals surface area (Å²) < 4.78 is 0. The van der Waals surface area contributed by atoms with E-state index >= 15 is 0 Å². The Balaban J connectivity index is 2.63. The van der Waals surface area contributed by atoms with Gasteiger partial charge in [0.15, 0.2) is 5.11 Å². The van der Waals surface area contributed by atoms with Crippen molar-refractivity contribution in [3.8, 4) is 0 Å². The Kier molecular flexibility index (Phi) is 3.69. The zero-order valence-corrected chi connectivity index (χ0v) is 9.49. The lowest BCUT2D eigenvalue weighted by molar-refractivity contribution is 0.348. The number of rotatable bonds is 3. The van der Waals surface area contributed by atoms with Crippen LogP contribution in [-0.4, -0.2) is 16.1 Å². The summed E-state index contributed by atoms with van der Waals surface area (Å²) in [6.07, 6.45) is 0. The minimum absolute atomic E-state index is 0.361. The molecule has 1 aromatic heterocycles. The molecule has 0 unspecified atom stereocenters. The molecule has 1 rings (SSSR count). The van der Waals surface area contributed by atoms with Crippen molar-refractivity contribution in [3.05, 3.63) is 22.4 Å². The molecule has 0 aliphatic heterocycles. The highest BCUT2D eigenvalue weighted by Crippen LogP contribution is 2.13. The van der Waals surface area contributed by atoms with E-state index in [1.165, 1.54) is 4.88 Å². The Labute approximate surface area is 88.4 Å². The van der Waals surface area contributed by atoms with Gasteiger partial charge in [0, 0.05) is 10.9 Å². The standard InChI is InChI=1S/C9H14N2S2/c1-7(2)11(9(10)12)6-8-4-3-5-13-8/h3-5,7H,6H2,1-2H3,(H2,10,12). The van der Waals surface area contributed by atoms with Crippen molar-refractivity contribution in [1.29, 1.82) is 0 Å². The van der Waals surface area contributed by atoms with Crippen LogP contribution in [-0.2, 0) is 6.54 Å². The van der Waals surface area contributed by atoms with Crippen LogP contribution in [0.1, 0.15) is 18.7 Å². The minimum atomic E-state index is 0.361. The molecular weight excluding hydrogens is 200 g/mol. The molecule has 0 radical (unpaired) electrons. The van der Waals surface area contributed by atoms with E-state index in [1.807, 2.05) is 11.0 Å². The first kappa shape index (κ1) is 10.5. The quantitative estimate of drug-likeness (QED) is 0.782. The fourth-order valence-corrected chi connectivity index (χ4v) is 2.06. The Hall–Kier alpha value is -0.610. The van der Waals surface area contributed by atoms with Crippen molar-refractivity contribution in [1.82, 2.24) is 4.90 Å². The summed E-state index contributed by atoms with van der Waals surface area (Å²) in [5, 5.41) is 2.54. The Morgan fingerprint density at radius 2 is 2.38 bits per heavy atom. The lowest BCUT2D eigenvalue weighted by atomic mass is 10.3. The van der Waals surface area contributed by atoms with E-state index in [2.05, 4.69) is 25.3 Å². The molecule has 0 saturated carbocycles. The molecule has 0 spiro atoms. The van der Waals surface area contributed by atoms with Crippen LogP contribution in [0, 0.1) is 0 Å². The lowest BCUT2D eigenvalue weighted by Crippen LogP contribution is -2.39. The second-order valence-corrected chi connectivity index (χ2v) is 4.59. The average Bonchev–Trinajstić information content (AvgIpc) is 2.50. The lowest BCUT2D eigenvalue weighted by Gasteiger charge is -2.26. The van der Waals surface area contributed by atoms with Gasteiger partial charge in [0.2, 0.25) is 0 Å². The van der Waals surface area contributed by atoms with Gasteiger partial charge in [-0.15, -0.1) is 11.3 Å². The molecule has 72 valence electrons. The third kappa shape index (κ3) is 2.97. The molecule has 0 fully saturated rings. The highest BCUT2D eigenvalue weighted by Gasteiger charge is 2.11. The van der Waals surface area contributed by atoms with Gasteiger partial charge in [-0.2, -0.15) is 0 Å². The fourth-order valence-electron chi connectivity index (χ4n) is 1.09. The summed E-state index contributed by atoms with van der Waals surface area (Å²) in [5.41, 5.74) is 5.62. The highest BCUT2D eigenvalue weighted by molar-refractivity contribution is 7.80. The van der Waals surface area contributed by atoms with Gasteiger partial charge in [0.25, 0.3) is 0 Å². The summed E-state index contributed by atoms with van der Waals surface area (Å²) in [5.74, 6) is 0. The van der Waals surface area contributed by atoms with E-state index in [9.17, 15) is 0 Å². The SMILES string of the molecule is CC(C)N(Cc1cccs1)C(N)=S. The fraction of sp³-hybridized carbons (Fsp3) is 0.444. The summed E-state index contributed by atoms with van der Waals surface area (Å²) in [6.45, 7) is 5.00. The van der Waals surface area contributed by atoms with Gasteiger partial charge in [0.05, 0.1) is 6.54 Å². The van der Waals surface area contributed by atoms with Gasteiger partial charge in [-0.1, -0.05) is 6.07 Å². The van der Waals surface area contributed by atoms with E-state index in [0.717, 1.165) is 6.54 Å². The maximum absolute atomic E-state index is 5.62. The van der Waals surface area contributed by atoms with Crippen molar-refractivity contribution in [2.75, 3.05) is 0 Å². The average molecular weight is 214 g/mol. The number of nitrogens with zero attached hydrogens (tertiary/aromatic N) is 1. The van der Waals surface area contributed by atoms with Crippen molar-refractivity contribution in [3.63, 3.8) is 0 Å². The first-order valence-corrected chi connectivity index (χ1v) is 5.48. The van der Waals surface area contributed by atoms with Crippen LogP contribution in [0.5, 0.6) is 0 Å². The van der Waals surface area contributed by atoms with Gasteiger partial charge in [-0.25, -0.2) is 0 Å². The summed E-state index contributed by atoms with van der Waals surface area (Å²) in [7, 11) is 0. The summed E-state index contributed by atoms with van der Waals surface area (Å²) >= 11 is 6.70. The van der Waals surface area contributed by atoms with Gasteiger partial charge in [-0.05, 0) is 37.5 Å². The van der Waals surface area contributed by atoms with Crippen LogP contribution in [0.2, 0.25) is 0 Å². The van der Waals surface area contributed by atoms with E-state index in [-0.39, 0.29) is 0 Å². The van der Waals surface area contributed by atoms with Crippen molar-refractivity contribution >= 4 is 28.7 Å². The van der Waals surface area contributed by atoms with Crippen LogP contribution in [0.4, 0.5) is 0 Å². The number of nitrogens with two attached hydrogens (primary N) is 1. The van der Waals surface area contributed by atoms with Crippen LogP contribution in [0.3, 0.4) is 0 Å². The molecule has 0 aliphatic rings. The summed E-state index contributed by atoms with van der Waals surface area (Å²) in [4.78, 5) is 3.31. The first-order valence-electron chi connectivity index (χ1n) is 4.19. The molecule has 1 heterocycles.